The molecule has 1 saturated heterocycles. The van der Waals surface area contributed by atoms with Gasteiger partial charge in [-0.2, -0.15) is 0 Å². The highest BCUT2D eigenvalue weighted by Gasteiger charge is 2.17. The van der Waals surface area contributed by atoms with Gasteiger partial charge in [-0.3, -0.25) is 0 Å². The second-order valence-electron chi connectivity index (χ2n) is 3.19. The average molecular weight is 202 g/mol. The fourth-order valence-corrected chi connectivity index (χ4v) is 1.66. The summed E-state index contributed by atoms with van der Waals surface area (Å²) in [5.74, 6) is 1.81. The van der Waals surface area contributed by atoms with Crippen LogP contribution < -0.4 is 0 Å². The Labute approximate surface area is 82.0 Å². The van der Waals surface area contributed by atoms with E-state index in [0.29, 0.717) is 17.9 Å². The topological polar surface area (TPSA) is 35.3 Å². The Bertz CT molecular complexity index is 268. The minimum Gasteiger partial charge on any atom is -0.444 e. The zero-order valence-corrected chi connectivity index (χ0v) is 8.09. The van der Waals surface area contributed by atoms with E-state index < -0.39 is 0 Å². The van der Waals surface area contributed by atoms with Crippen LogP contribution >= 0.6 is 11.6 Å². The Hall–Kier alpha value is -0.540. The molecule has 1 aliphatic heterocycles. The second-order valence-corrected chi connectivity index (χ2v) is 3.46. The van der Waals surface area contributed by atoms with Gasteiger partial charge in [-0.05, 0) is 12.8 Å². The highest BCUT2D eigenvalue weighted by Crippen LogP contribution is 2.17. The van der Waals surface area contributed by atoms with Crippen LogP contribution in [0.5, 0.6) is 0 Å². The molecule has 2 heterocycles. The third-order valence-corrected chi connectivity index (χ3v) is 2.40. The van der Waals surface area contributed by atoms with Crippen molar-refractivity contribution in [2.24, 2.45) is 0 Å². The van der Waals surface area contributed by atoms with Crippen LogP contribution in [0.25, 0.3) is 0 Å². The van der Waals surface area contributed by atoms with Gasteiger partial charge in [0.25, 0.3) is 0 Å². The summed E-state index contributed by atoms with van der Waals surface area (Å²) < 4.78 is 10.9. The number of alkyl halides is 1. The van der Waals surface area contributed by atoms with E-state index in [1.807, 2.05) is 0 Å². The smallest absolute Gasteiger partial charge is 0.209 e. The third-order valence-electron chi connectivity index (χ3n) is 2.17. The lowest BCUT2D eigenvalue weighted by Crippen LogP contribution is -2.07. The lowest BCUT2D eigenvalue weighted by Gasteiger charge is -2.04. The van der Waals surface area contributed by atoms with E-state index in [4.69, 9.17) is 20.8 Å². The Morgan fingerprint density at radius 1 is 1.62 bits per heavy atom. The molecule has 0 saturated carbocycles. The van der Waals surface area contributed by atoms with Crippen molar-refractivity contribution in [1.82, 2.24) is 4.98 Å². The molecule has 0 N–H and O–H groups in total. The largest absolute Gasteiger partial charge is 0.444 e. The van der Waals surface area contributed by atoms with Crippen molar-refractivity contribution in [2.75, 3.05) is 6.61 Å². The normalized spacial score (nSPS) is 22.4. The highest BCUT2D eigenvalue weighted by molar-refractivity contribution is 6.16. The Kier molecular flexibility index (Phi) is 2.86. The molecule has 72 valence electrons. The van der Waals surface area contributed by atoms with Gasteiger partial charge < -0.3 is 9.15 Å². The first-order chi connectivity index (χ1) is 6.38. The van der Waals surface area contributed by atoms with Gasteiger partial charge in [0.1, 0.15) is 5.76 Å². The van der Waals surface area contributed by atoms with Crippen LogP contribution in [0.2, 0.25) is 0 Å². The first kappa shape index (κ1) is 9.03. The van der Waals surface area contributed by atoms with Crippen molar-refractivity contribution in [2.45, 2.75) is 31.2 Å². The van der Waals surface area contributed by atoms with Crippen LogP contribution in [-0.2, 0) is 17.0 Å². The van der Waals surface area contributed by atoms with E-state index in [9.17, 15) is 0 Å². The molecule has 1 aromatic rings. The number of hydrogen-bond donors (Lipinski definition) is 0. The fraction of sp³-hybridized carbons (Fsp3) is 0.667. The molecule has 0 aromatic carbocycles. The number of aromatic nitrogens is 1. The molecule has 4 heteroatoms. The van der Waals surface area contributed by atoms with Crippen LogP contribution in [0.1, 0.15) is 24.5 Å². The van der Waals surface area contributed by atoms with E-state index in [1.54, 1.807) is 6.20 Å². The van der Waals surface area contributed by atoms with Gasteiger partial charge in [0.15, 0.2) is 0 Å². The summed E-state index contributed by atoms with van der Waals surface area (Å²) in [6.07, 6.45) is 5.15. The summed E-state index contributed by atoms with van der Waals surface area (Å²) in [6.45, 7) is 0.876. The SMILES string of the molecule is ClCc1ncc(CC2CCCO2)o1. The second kappa shape index (κ2) is 4.11. The number of hydrogen-bond acceptors (Lipinski definition) is 3. The molecular weight excluding hydrogens is 190 g/mol. The van der Waals surface area contributed by atoms with Gasteiger partial charge in [-0.25, -0.2) is 4.98 Å². The van der Waals surface area contributed by atoms with E-state index in [2.05, 4.69) is 4.98 Å². The first-order valence-corrected chi connectivity index (χ1v) is 5.03. The van der Waals surface area contributed by atoms with E-state index >= 15 is 0 Å². The van der Waals surface area contributed by atoms with Crippen LogP contribution in [0, 0.1) is 0 Å². The average Bonchev–Trinajstić information content (AvgIpc) is 2.76. The predicted molar refractivity (Wildman–Crippen MR) is 48.7 cm³/mol. The molecule has 13 heavy (non-hydrogen) atoms. The summed E-state index contributed by atoms with van der Waals surface area (Å²) in [5.41, 5.74) is 0. The monoisotopic (exact) mass is 201 g/mol. The van der Waals surface area contributed by atoms with Gasteiger partial charge in [0.2, 0.25) is 5.89 Å². The zero-order chi connectivity index (χ0) is 9.10. The zero-order valence-electron chi connectivity index (χ0n) is 7.33. The fourth-order valence-electron chi connectivity index (χ4n) is 1.53. The van der Waals surface area contributed by atoms with Gasteiger partial charge in [0, 0.05) is 13.0 Å². The van der Waals surface area contributed by atoms with Crippen molar-refractivity contribution in [3.05, 3.63) is 17.8 Å². The van der Waals surface area contributed by atoms with Gasteiger partial charge >= 0.3 is 0 Å². The summed E-state index contributed by atoms with van der Waals surface area (Å²) in [5, 5.41) is 0. The number of ether oxygens (including phenoxy) is 1. The van der Waals surface area contributed by atoms with Crippen LogP contribution in [-0.4, -0.2) is 17.7 Å². The minimum absolute atomic E-state index is 0.316. The number of oxazole rings is 1. The molecular formula is C9H12ClNO2. The molecule has 1 aromatic heterocycles. The quantitative estimate of drug-likeness (QED) is 0.703. The molecule has 1 atom stereocenters. The first-order valence-electron chi connectivity index (χ1n) is 4.49. The molecule has 2 rings (SSSR count). The van der Waals surface area contributed by atoms with Crippen LogP contribution in [0.4, 0.5) is 0 Å². The van der Waals surface area contributed by atoms with E-state index in [0.717, 1.165) is 31.6 Å². The van der Waals surface area contributed by atoms with E-state index in [1.165, 1.54) is 0 Å². The molecule has 0 bridgehead atoms. The number of nitrogens with zero attached hydrogens (tertiary/aromatic N) is 1. The highest BCUT2D eigenvalue weighted by atomic mass is 35.5. The Morgan fingerprint density at radius 3 is 3.15 bits per heavy atom. The molecule has 0 amide bonds. The lowest BCUT2D eigenvalue weighted by atomic mass is 10.1. The molecule has 0 spiro atoms. The van der Waals surface area contributed by atoms with Crippen LogP contribution in [0.15, 0.2) is 10.6 Å². The summed E-state index contributed by atoms with van der Waals surface area (Å²) in [7, 11) is 0. The molecule has 0 radical (unpaired) electrons. The molecule has 3 nitrogen and oxygen atoms in total. The predicted octanol–water partition coefficient (Wildman–Crippen LogP) is 2.13. The molecule has 1 aliphatic rings. The summed E-state index contributed by atoms with van der Waals surface area (Å²) in [4.78, 5) is 4.02. The maximum Gasteiger partial charge on any atom is 0.209 e. The van der Waals surface area contributed by atoms with Crippen molar-refractivity contribution in [1.29, 1.82) is 0 Å². The maximum absolute atomic E-state index is 5.57. The minimum atomic E-state index is 0.316. The lowest BCUT2D eigenvalue weighted by molar-refractivity contribution is 0.107. The Morgan fingerprint density at radius 2 is 2.54 bits per heavy atom. The van der Waals surface area contributed by atoms with Crippen molar-refractivity contribution >= 4 is 11.6 Å². The number of rotatable bonds is 3. The van der Waals surface area contributed by atoms with E-state index in [-0.39, 0.29) is 0 Å². The van der Waals surface area contributed by atoms with Crippen molar-refractivity contribution < 1.29 is 9.15 Å². The van der Waals surface area contributed by atoms with Crippen molar-refractivity contribution in [3.63, 3.8) is 0 Å². The van der Waals surface area contributed by atoms with Gasteiger partial charge in [-0.1, -0.05) is 0 Å². The standard InChI is InChI=1S/C9H12ClNO2/c10-5-9-11-6-8(13-9)4-7-2-1-3-12-7/h6-7H,1-5H2. The van der Waals surface area contributed by atoms with Crippen LogP contribution in [0.3, 0.4) is 0 Å². The van der Waals surface area contributed by atoms with Gasteiger partial charge in [0.05, 0.1) is 18.2 Å². The summed E-state index contributed by atoms with van der Waals surface area (Å²) >= 11 is 5.57. The molecule has 1 unspecified atom stereocenters. The van der Waals surface area contributed by atoms with Crippen molar-refractivity contribution in [3.8, 4) is 0 Å². The third kappa shape index (κ3) is 2.23. The summed E-state index contributed by atoms with van der Waals surface area (Å²) in [6, 6.07) is 0. The Balaban J connectivity index is 1.92. The number of halogens is 1. The van der Waals surface area contributed by atoms with Gasteiger partial charge in [-0.15, -0.1) is 11.6 Å². The molecule has 0 aliphatic carbocycles. The maximum atomic E-state index is 5.57. The molecule has 1 fully saturated rings.